The largest absolute Gasteiger partial charge is 0.472 e. The molecule has 3 aromatic rings. The maximum absolute atomic E-state index is 13.1. The Morgan fingerprint density at radius 1 is 0.870 bits per heavy atom. The fraction of sp³-hybridized carbons (Fsp3) is 0.550. The van der Waals surface area contributed by atoms with Crippen LogP contribution >= 0.6 is 15.6 Å². The Kier molecular flexibility index (Phi) is 7.47. The molecule has 0 amide bonds. The highest BCUT2D eigenvalue weighted by Gasteiger charge is 2.55. The van der Waals surface area contributed by atoms with Gasteiger partial charge in [0.15, 0.2) is 29.4 Å². The molecule has 11 N–H and O–H groups in total. The number of nitrogens with zero attached hydrogens (tertiary/aromatic N) is 5. The Morgan fingerprint density at radius 2 is 1.43 bits per heavy atom. The number of rotatable bonds is 2. The summed E-state index contributed by atoms with van der Waals surface area (Å²) in [5, 5.41) is 25.0. The van der Waals surface area contributed by atoms with E-state index in [1.54, 1.807) is 0 Å². The molecule has 2 unspecified atom stereocenters. The highest BCUT2D eigenvalue weighted by atomic mass is 31.2. The topological polar surface area (TPSA) is 347 Å². The summed E-state index contributed by atoms with van der Waals surface area (Å²) >= 11 is 0. The van der Waals surface area contributed by atoms with Gasteiger partial charge in [-0.2, -0.15) is 9.97 Å². The lowest BCUT2D eigenvalue weighted by atomic mass is 10.1. The number of nitrogens with one attached hydrogen (secondary N) is 3. The van der Waals surface area contributed by atoms with E-state index in [-0.39, 0.29) is 41.2 Å². The second-order valence-electron chi connectivity index (χ2n) is 10.5. The van der Waals surface area contributed by atoms with Crippen molar-refractivity contribution in [1.29, 1.82) is 0 Å². The van der Waals surface area contributed by atoms with Crippen molar-refractivity contribution < 1.29 is 56.7 Å². The maximum atomic E-state index is 13.1. The summed E-state index contributed by atoms with van der Waals surface area (Å²) in [7, 11) is -10.2. The highest BCUT2D eigenvalue weighted by molar-refractivity contribution is 7.47. The second kappa shape index (κ2) is 11.0. The predicted molar refractivity (Wildman–Crippen MR) is 149 cm³/mol. The van der Waals surface area contributed by atoms with Crippen molar-refractivity contribution in [3.63, 3.8) is 0 Å². The van der Waals surface area contributed by atoms with E-state index in [4.69, 9.17) is 39.0 Å². The number of hydrogen-bond donors (Lipinski definition) is 9. The molecule has 4 aliphatic rings. The summed E-state index contributed by atoms with van der Waals surface area (Å²) in [5.74, 6) is -0.527. The third-order valence-electron chi connectivity index (χ3n) is 7.58. The zero-order valence-corrected chi connectivity index (χ0v) is 24.8. The molecule has 10 atom stereocenters. The molecule has 7 rings (SSSR count). The number of aliphatic hydroxyl groups excluding tert-OH is 2. The molecule has 3 fully saturated rings. The summed E-state index contributed by atoms with van der Waals surface area (Å²) in [6.45, 7) is -1.82. The van der Waals surface area contributed by atoms with Crippen LogP contribution in [-0.2, 0) is 36.7 Å². The monoisotopic (exact) mass is 692 g/mol. The van der Waals surface area contributed by atoms with Crippen molar-refractivity contribution in [2.24, 2.45) is 0 Å². The predicted octanol–water partition coefficient (Wildman–Crippen LogP) is -3.38. The van der Waals surface area contributed by atoms with Gasteiger partial charge in [0.25, 0.3) is 11.1 Å². The van der Waals surface area contributed by atoms with Gasteiger partial charge in [0, 0.05) is 0 Å². The number of H-pyrrole nitrogens is 2. The molecule has 3 aromatic heterocycles. The highest BCUT2D eigenvalue weighted by Crippen LogP contribution is 2.53. The van der Waals surface area contributed by atoms with Crippen LogP contribution in [0.5, 0.6) is 0 Å². The summed E-state index contributed by atoms with van der Waals surface area (Å²) < 4.78 is 59.6. The van der Waals surface area contributed by atoms with Crippen LogP contribution in [0.2, 0.25) is 0 Å². The minimum Gasteiger partial charge on any atom is -0.386 e. The zero-order chi connectivity index (χ0) is 32.7. The molecule has 0 saturated carbocycles. The average molecular weight is 692 g/mol. The van der Waals surface area contributed by atoms with Gasteiger partial charge in [-0.25, -0.2) is 14.1 Å². The molecule has 0 spiro atoms. The van der Waals surface area contributed by atoms with Gasteiger partial charge in [0.05, 0.1) is 26.2 Å². The minimum absolute atomic E-state index is 0.00944. The van der Waals surface area contributed by atoms with Gasteiger partial charge in [-0.05, 0) is 0 Å². The lowest BCUT2D eigenvalue weighted by Crippen LogP contribution is -2.45. The number of imidazole rings is 1. The molecule has 7 heterocycles. The van der Waals surface area contributed by atoms with E-state index >= 15 is 0 Å². The number of anilines is 4. The van der Waals surface area contributed by atoms with Gasteiger partial charge in [0.1, 0.15) is 42.3 Å². The number of nitrogen functional groups attached to an aromatic ring is 2. The lowest BCUT2D eigenvalue weighted by molar-refractivity contribution is -0.0626. The minimum atomic E-state index is -5.09. The van der Waals surface area contributed by atoms with E-state index in [0.717, 1.165) is 10.9 Å². The Hall–Kier alpha value is -3.51. The van der Waals surface area contributed by atoms with E-state index in [1.807, 2.05) is 0 Å². The standard InChI is InChI=1S/C20H26N10O14P2/c21-19-25-13-7(15(33)27-19)23-3-29(13)17-9(31)11-5(41-17)1-39-45(35,36)44-12-6(2-40-46(37,38)43-11)42-18(10(12)32)30-4-24-8-14(30)26-20(22)28-16(8)34/h3,5-6,9-12,17-18,24,31-32H,1-2,4H2,(H,35,36)(H,37,38)(H3,21,25,27,33)(H3,22,26,28,34)/t5-,6-,9-,10-,11-,12-,17-,18-/m1/s1. The Bertz CT molecular complexity index is 1900. The first-order valence-electron chi connectivity index (χ1n) is 13.3. The SMILES string of the molecule is Nc1nc2c(c(=O)[nH]1)NCN2[C@@H]1O[C@@H]2COP(=O)(O)O[C@H]3[C@@H](O)[C@H](n4cnc5c(=O)[nH]c(N)nc54)O[C@@H]3COP(=O)(O)O[C@H]2[C@H]1O. The Morgan fingerprint density at radius 3 is 2.09 bits per heavy atom. The number of nitrogens with two attached hydrogens (primary N) is 2. The number of ether oxygens (including phenoxy) is 2. The molecule has 0 radical (unpaired) electrons. The third kappa shape index (κ3) is 5.36. The number of phosphoric acid groups is 2. The molecule has 4 aliphatic heterocycles. The normalized spacial score (nSPS) is 38.0. The van der Waals surface area contributed by atoms with Gasteiger partial charge in [-0.3, -0.25) is 42.2 Å². The van der Waals surface area contributed by atoms with Gasteiger partial charge in [-0.15, -0.1) is 0 Å². The fourth-order valence-electron chi connectivity index (χ4n) is 5.58. The van der Waals surface area contributed by atoms with Crippen LogP contribution in [0.1, 0.15) is 6.23 Å². The van der Waals surface area contributed by atoms with Gasteiger partial charge >= 0.3 is 15.6 Å². The summed E-state index contributed by atoms with van der Waals surface area (Å²) in [6.07, 6.45) is -11.7. The van der Waals surface area contributed by atoms with Crippen LogP contribution in [-0.4, -0.2) is 112 Å². The molecule has 3 saturated heterocycles. The van der Waals surface area contributed by atoms with Crippen LogP contribution in [0.4, 0.5) is 23.4 Å². The number of aromatic amines is 2. The molecular weight excluding hydrogens is 666 g/mol. The fourth-order valence-corrected chi connectivity index (χ4v) is 7.51. The summed E-state index contributed by atoms with van der Waals surface area (Å²) in [4.78, 5) is 63.5. The van der Waals surface area contributed by atoms with Crippen molar-refractivity contribution in [3.8, 4) is 0 Å². The van der Waals surface area contributed by atoms with E-state index in [1.165, 1.54) is 4.90 Å². The molecule has 46 heavy (non-hydrogen) atoms. The quantitative estimate of drug-likeness (QED) is 0.118. The van der Waals surface area contributed by atoms with Crippen LogP contribution in [0.25, 0.3) is 11.2 Å². The van der Waals surface area contributed by atoms with Crippen molar-refractivity contribution in [1.82, 2.24) is 29.5 Å². The van der Waals surface area contributed by atoms with Crippen molar-refractivity contribution in [2.75, 3.05) is 41.6 Å². The van der Waals surface area contributed by atoms with Gasteiger partial charge < -0.3 is 51.2 Å². The number of aromatic nitrogens is 6. The smallest absolute Gasteiger partial charge is 0.386 e. The number of aliphatic hydroxyl groups is 2. The molecular formula is C20H26N10O14P2. The number of hydrogen-bond acceptors (Lipinski definition) is 19. The van der Waals surface area contributed by atoms with E-state index in [2.05, 4.69) is 30.2 Å². The summed E-state index contributed by atoms with van der Waals surface area (Å²) in [6, 6.07) is 0. The van der Waals surface area contributed by atoms with Crippen molar-refractivity contribution in [2.45, 2.75) is 49.1 Å². The lowest BCUT2D eigenvalue weighted by Gasteiger charge is -2.28. The van der Waals surface area contributed by atoms with Crippen molar-refractivity contribution in [3.05, 3.63) is 27.0 Å². The van der Waals surface area contributed by atoms with E-state index < -0.39 is 89.1 Å². The molecule has 26 heteroatoms. The first-order chi connectivity index (χ1) is 21.7. The van der Waals surface area contributed by atoms with E-state index in [0.29, 0.717) is 0 Å². The Balaban J connectivity index is 1.15. The number of fused-ring (bicyclic) bond motifs is 4. The van der Waals surface area contributed by atoms with Crippen molar-refractivity contribution >= 4 is 50.2 Å². The summed E-state index contributed by atoms with van der Waals surface area (Å²) in [5.41, 5.74) is 9.71. The first-order valence-corrected chi connectivity index (χ1v) is 16.3. The molecule has 250 valence electrons. The Labute approximate surface area is 254 Å². The molecule has 0 aliphatic carbocycles. The van der Waals surface area contributed by atoms with Crippen LogP contribution in [0, 0.1) is 0 Å². The van der Waals surface area contributed by atoms with Crippen LogP contribution in [0.3, 0.4) is 0 Å². The van der Waals surface area contributed by atoms with Gasteiger partial charge in [0.2, 0.25) is 11.9 Å². The van der Waals surface area contributed by atoms with Gasteiger partial charge in [-0.1, -0.05) is 0 Å². The zero-order valence-electron chi connectivity index (χ0n) is 23.0. The average Bonchev–Trinajstić information content (AvgIpc) is 3.72. The third-order valence-corrected chi connectivity index (χ3v) is 9.55. The molecule has 0 aromatic carbocycles. The second-order valence-corrected chi connectivity index (χ2v) is 13.3. The van der Waals surface area contributed by atoms with E-state index in [9.17, 15) is 38.7 Å². The number of phosphoric ester groups is 2. The molecule has 0 bridgehead atoms. The molecule has 24 nitrogen and oxygen atoms in total. The van der Waals surface area contributed by atoms with Crippen LogP contribution < -0.4 is 32.8 Å². The first kappa shape index (κ1) is 31.1. The van der Waals surface area contributed by atoms with Crippen LogP contribution in [0.15, 0.2) is 15.9 Å². The maximum Gasteiger partial charge on any atom is 0.472 e.